The van der Waals surface area contributed by atoms with Crippen LogP contribution in [0.25, 0.3) is 6.08 Å². The molecule has 26 heavy (non-hydrogen) atoms. The molecule has 0 unspecified atom stereocenters. The number of likely N-dealkylation sites (N-methyl/N-ethyl adjacent to an activating group) is 1. The molecule has 1 aliphatic rings. The third-order valence-corrected chi connectivity index (χ3v) is 4.94. The van der Waals surface area contributed by atoms with E-state index in [1.165, 1.54) is 4.90 Å². The predicted octanol–water partition coefficient (Wildman–Crippen LogP) is 5.00. The SMILES string of the molecule is CCOc1ccc(N2C(=O)C(=Cc3ccc(Cl)cc3Cl)N(C)C2=S)cc1. The van der Waals surface area contributed by atoms with Gasteiger partial charge < -0.3 is 9.64 Å². The highest BCUT2D eigenvalue weighted by Crippen LogP contribution is 2.31. The van der Waals surface area contributed by atoms with Crippen LogP contribution >= 0.6 is 35.4 Å². The number of hydrogen-bond donors (Lipinski definition) is 0. The zero-order valence-electron chi connectivity index (χ0n) is 14.2. The Morgan fingerprint density at radius 1 is 1.15 bits per heavy atom. The molecule has 0 N–H and O–H groups in total. The van der Waals surface area contributed by atoms with Crippen LogP contribution in [0, 0.1) is 0 Å². The largest absolute Gasteiger partial charge is 0.494 e. The average Bonchev–Trinajstić information content (AvgIpc) is 2.82. The number of carbonyl (C=O) groups is 1. The Labute approximate surface area is 167 Å². The van der Waals surface area contributed by atoms with Crippen molar-refractivity contribution in [2.45, 2.75) is 6.92 Å². The van der Waals surface area contributed by atoms with Gasteiger partial charge in [-0.05, 0) is 67.2 Å². The third kappa shape index (κ3) is 3.56. The van der Waals surface area contributed by atoms with Crippen LogP contribution in [0.15, 0.2) is 48.2 Å². The van der Waals surface area contributed by atoms with Crippen molar-refractivity contribution in [1.82, 2.24) is 4.90 Å². The third-order valence-electron chi connectivity index (χ3n) is 3.92. The Balaban J connectivity index is 1.94. The highest BCUT2D eigenvalue weighted by molar-refractivity contribution is 7.80. The summed E-state index contributed by atoms with van der Waals surface area (Å²) in [4.78, 5) is 16.1. The van der Waals surface area contributed by atoms with Crippen molar-refractivity contribution >= 4 is 58.2 Å². The van der Waals surface area contributed by atoms with Gasteiger partial charge in [0.25, 0.3) is 5.91 Å². The van der Waals surface area contributed by atoms with E-state index in [2.05, 4.69) is 0 Å². The smallest absolute Gasteiger partial charge is 0.281 e. The summed E-state index contributed by atoms with van der Waals surface area (Å²) < 4.78 is 5.44. The molecule has 1 saturated heterocycles. The standard InChI is InChI=1S/C19H16Cl2N2O2S/c1-3-25-15-8-6-14(7-9-15)23-18(24)17(22(2)19(23)26)10-12-4-5-13(20)11-16(12)21/h4-11H,3H2,1-2H3. The van der Waals surface area contributed by atoms with Gasteiger partial charge in [-0.3, -0.25) is 9.69 Å². The number of halogens is 2. The first kappa shape index (κ1) is 18.7. The van der Waals surface area contributed by atoms with E-state index in [9.17, 15) is 4.79 Å². The van der Waals surface area contributed by atoms with Crippen molar-refractivity contribution in [3.05, 3.63) is 63.8 Å². The van der Waals surface area contributed by atoms with Gasteiger partial charge in [-0.2, -0.15) is 0 Å². The molecule has 2 aromatic carbocycles. The molecule has 0 saturated carbocycles. The Morgan fingerprint density at radius 3 is 2.46 bits per heavy atom. The van der Waals surface area contributed by atoms with Crippen LogP contribution in [0.4, 0.5) is 5.69 Å². The number of amides is 1. The van der Waals surface area contributed by atoms with Gasteiger partial charge in [0.15, 0.2) is 5.11 Å². The average molecular weight is 407 g/mol. The minimum Gasteiger partial charge on any atom is -0.494 e. The first-order chi connectivity index (χ1) is 12.4. The molecule has 0 aromatic heterocycles. The van der Waals surface area contributed by atoms with E-state index in [0.717, 1.165) is 5.75 Å². The molecular weight excluding hydrogens is 391 g/mol. The van der Waals surface area contributed by atoms with Crippen molar-refractivity contribution in [2.75, 3.05) is 18.6 Å². The molecule has 0 spiro atoms. The number of anilines is 1. The lowest BCUT2D eigenvalue weighted by molar-refractivity contribution is -0.114. The highest BCUT2D eigenvalue weighted by Gasteiger charge is 2.36. The molecule has 1 amide bonds. The van der Waals surface area contributed by atoms with Crippen molar-refractivity contribution < 1.29 is 9.53 Å². The number of ether oxygens (including phenoxy) is 1. The van der Waals surface area contributed by atoms with Gasteiger partial charge in [0.2, 0.25) is 0 Å². The number of carbonyl (C=O) groups excluding carboxylic acids is 1. The van der Waals surface area contributed by atoms with Crippen LogP contribution in [-0.2, 0) is 4.79 Å². The van der Waals surface area contributed by atoms with Gasteiger partial charge in [-0.15, -0.1) is 0 Å². The fourth-order valence-electron chi connectivity index (χ4n) is 2.61. The van der Waals surface area contributed by atoms with E-state index in [1.807, 2.05) is 19.1 Å². The minimum atomic E-state index is -0.215. The van der Waals surface area contributed by atoms with Crippen LogP contribution in [0.5, 0.6) is 5.75 Å². The summed E-state index contributed by atoms with van der Waals surface area (Å²) in [6.45, 7) is 2.50. The second-order valence-electron chi connectivity index (χ2n) is 5.60. The maximum absolute atomic E-state index is 12.9. The molecule has 134 valence electrons. The fourth-order valence-corrected chi connectivity index (χ4v) is 3.36. The molecule has 1 heterocycles. The zero-order valence-corrected chi connectivity index (χ0v) is 16.5. The number of benzene rings is 2. The molecule has 1 fully saturated rings. The Bertz CT molecular complexity index is 897. The molecule has 1 aliphatic heterocycles. The van der Waals surface area contributed by atoms with Crippen LogP contribution in [0.2, 0.25) is 10.0 Å². The van der Waals surface area contributed by atoms with Gasteiger partial charge in [0.1, 0.15) is 11.4 Å². The normalized spacial score (nSPS) is 15.9. The van der Waals surface area contributed by atoms with E-state index in [0.29, 0.717) is 38.7 Å². The fraction of sp³-hybridized carbons (Fsp3) is 0.158. The van der Waals surface area contributed by atoms with Gasteiger partial charge in [0, 0.05) is 17.1 Å². The maximum Gasteiger partial charge on any atom is 0.281 e. The van der Waals surface area contributed by atoms with E-state index in [4.69, 9.17) is 40.2 Å². The van der Waals surface area contributed by atoms with Crippen molar-refractivity contribution in [3.63, 3.8) is 0 Å². The Morgan fingerprint density at radius 2 is 1.85 bits per heavy atom. The van der Waals surface area contributed by atoms with Gasteiger partial charge >= 0.3 is 0 Å². The van der Waals surface area contributed by atoms with Crippen LogP contribution < -0.4 is 9.64 Å². The second kappa shape index (κ2) is 7.66. The maximum atomic E-state index is 12.9. The molecule has 0 bridgehead atoms. The minimum absolute atomic E-state index is 0.215. The first-order valence-corrected chi connectivity index (χ1v) is 9.10. The molecule has 0 atom stereocenters. The Hall–Kier alpha value is -2.08. The van der Waals surface area contributed by atoms with Crippen molar-refractivity contribution in [3.8, 4) is 5.75 Å². The first-order valence-electron chi connectivity index (χ1n) is 7.94. The summed E-state index contributed by atoms with van der Waals surface area (Å²) in [5.41, 5.74) is 1.82. The number of rotatable bonds is 4. The quantitative estimate of drug-likeness (QED) is 0.528. The van der Waals surface area contributed by atoms with E-state index in [-0.39, 0.29) is 5.91 Å². The summed E-state index contributed by atoms with van der Waals surface area (Å²) in [7, 11) is 1.75. The molecule has 3 rings (SSSR count). The van der Waals surface area contributed by atoms with Crippen molar-refractivity contribution in [2.24, 2.45) is 0 Å². The highest BCUT2D eigenvalue weighted by atomic mass is 35.5. The molecule has 0 aliphatic carbocycles. The monoisotopic (exact) mass is 406 g/mol. The number of nitrogens with zero attached hydrogens (tertiary/aromatic N) is 2. The van der Waals surface area contributed by atoms with E-state index >= 15 is 0 Å². The number of thiocarbonyl (C=S) groups is 1. The zero-order chi connectivity index (χ0) is 18.8. The molecule has 4 nitrogen and oxygen atoms in total. The number of hydrogen-bond acceptors (Lipinski definition) is 3. The lowest BCUT2D eigenvalue weighted by Crippen LogP contribution is -2.31. The summed E-state index contributed by atoms with van der Waals surface area (Å²) in [5.74, 6) is 0.526. The van der Waals surface area contributed by atoms with Crippen LogP contribution in [0.3, 0.4) is 0 Å². The van der Waals surface area contributed by atoms with E-state index < -0.39 is 0 Å². The van der Waals surface area contributed by atoms with Crippen LogP contribution in [0.1, 0.15) is 12.5 Å². The topological polar surface area (TPSA) is 32.8 Å². The summed E-state index contributed by atoms with van der Waals surface area (Å²) >= 11 is 17.6. The Kier molecular flexibility index (Phi) is 5.51. The van der Waals surface area contributed by atoms with Crippen molar-refractivity contribution in [1.29, 1.82) is 0 Å². The lowest BCUT2D eigenvalue weighted by atomic mass is 10.2. The molecule has 0 radical (unpaired) electrons. The summed E-state index contributed by atoms with van der Waals surface area (Å²) in [5, 5.41) is 1.40. The predicted molar refractivity (Wildman–Crippen MR) is 110 cm³/mol. The summed E-state index contributed by atoms with van der Waals surface area (Å²) in [6, 6.07) is 12.4. The second-order valence-corrected chi connectivity index (χ2v) is 6.81. The molecule has 7 heteroatoms. The summed E-state index contributed by atoms with van der Waals surface area (Å²) in [6.07, 6.45) is 1.71. The van der Waals surface area contributed by atoms with Gasteiger partial charge in [-0.1, -0.05) is 29.3 Å². The molecule has 2 aromatic rings. The van der Waals surface area contributed by atoms with E-state index in [1.54, 1.807) is 48.4 Å². The molecular formula is C19H16Cl2N2O2S. The lowest BCUT2D eigenvalue weighted by Gasteiger charge is -2.16. The van der Waals surface area contributed by atoms with Gasteiger partial charge in [0.05, 0.1) is 12.3 Å². The van der Waals surface area contributed by atoms with Gasteiger partial charge in [-0.25, -0.2) is 0 Å². The van der Waals surface area contributed by atoms with Crippen LogP contribution in [-0.4, -0.2) is 29.6 Å².